The van der Waals surface area contributed by atoms with Gasteiger partial charge in [0.05, 0.1) is 12.5 Å². The Kier molecular flexibility index (Phi) is 12.7. The summed E-state index contributed by atoms with van der Waals surface area (Å²) in [6.45, 7) is 6.58. The molecule has 0 fully saturated rings. The molecule has 3 amide bonds. The molecule has 5 unspecified atom stereocenters. The first-order chi connectivity index (χ1) is 15.2. The number of nitrogens with two attached hydrogens (primary N) is 1. The third kappa shape index (κ3) is 10.8. The number of carboxylic acid groups (broad SMARTS) is 3. The topological polar surface area (TPSA) is 225 Å². The molecule has 0 saturated heterocycles. The lowest BCUT2D eigenvalue weighted by Gasteiger charge is -2.28. The number of rotatable bonds is 15. The van der Waals surface area contributed by atoms with Gasteiger partial charge < -0.3 is 37.0 Å². The van der Waals surface area contributed by atoms with Crippen LogP contribution in [0.25, 0.3) is 0 Å². The van der Waals surface area contributed by atoms with Gasteiger partial charge >= 0.3 is 17.9 Å². The molecule has 0 aromatic carbocycles. The van der Waals surface area contributed by atoms with Crippen molar-refractivity contribution in [1.82, 2.24) is 16.0 Å². The number of nitrogens with one attached hydrogen (secondary N) is 3. The molecule has 0 radical (unpaired) electrons. The summed E-state index contributed by atoms with van der Waals surface area (Å²) in [6, 6.07) is -5.29. The van der Waals surface area contributed by atoms with Crippen molar-refractivity contribution in [3.63, 3.8) is 0 Å². The van der Waals surface area contributed by atoms with Gasteiger partial charge in [-0.1, -0.05) is 34.1 Å². The maximum absolute atomic E-state index is 12.8. The van der Waals surface area contributed by atoms with E-state index in [1.807, 2.05) is 0 Å². The zero-order valence-corrected chi connectivity index (χ0v) is 19.2. The van der Waals surface area contributed by atoms with Crippen molar-refractivity contribution in [3.05, 3.63) is 0 Å². The fourth-order valence-corrected chi connectivity index (χ4v) is 2.79. The molecule has 0 heterocycles. The molecule has 33 heavy (non-hydrogen) atoms. The monoisotopic (exact) mass is 474 g/mol. The van der Waals surface area contributed by atoms with E-state index in [0.29, 0.717) is 6.42 Å². The molecule has 13 nitrogen and oxygen atoms in total. The predicted molar refractivity (Wildman–Crippen MR) is 115 cm³/mol. The molecule has 0 aliphatic rings. The average Bonchev–Trinajstić information content (AvgIpc) is 2.71. The number of amides is 3. The van der Waals surface area contributed by atoms with Crippen molar-refractivity contribution in [2.45, 2.75) is 77.5 Å². The minimum Gasteiger partial charge on any atom is -0.481 e. The standard InChI is InChI=1S/C20H34N4O9/c1-5-10(4)16(19(31)23-15(9(2)3)20(32)33)24-18(30)12(8-14(27)28)22-17(29)11(21)6-7-13(25)26/h9-12,15-16H,5-8,21H2,1-4H3,(H,22,29)(H,23,31)(H,24,30)(H,25,26)(H,27,28)(H,32,33). The number of carbonyl (C=O) groups excluding carboxylic acids is 3. The quantitative estimate of drug-likeness (QED) is 0.151. The van der Waals surface area contributed by atoms with E-state index in [1.165, 1.54) is 0 Å². The molecular weight excluding hydrogens is 440 g/mol. The second-order valence-electron chi connectivity index (χ2n) is 8.14. The van der Waals surface area contributed by atoms with Crippen LogP contribution in [-0.4, -0.2) is 75.1 Å². The zero-order valence-electron chi connectivity index (χ0n) is 19.2. The van der Waals surface area contributed by atoms with Crippen LogP contribution in [0.4, 0.5) is 0 Å². The number of hydrogen-bond donors (Lipinski definition) is 7. The zero-order chi connectivity index (χ0) is 25.9. The van der Waals surface area contributed by atoms with Crippen LogP contribution in [-0.2, 0) is 28.8 Å². The van der Waals surface area contributed by atoms with Crippen LogP contribution in [0.3, 0.4) is 0 Å². The van der Waals surface area contributed by atoms with Crippen molar-refractivity contribution in [1.29, 1.82) is 0 Å². The molecule has 0 aliphatic carbocycles. The Morgan fingerprint density at radius 1 is 0.788 bits per heavy atom. The van der Waals surface area contributed by atoms with Gasteiger partial charge in [-0.05, 0) is 18.3 Å². The molecule has 0 bridgehead atoms. The largest absolute Gasteiger partial charge is 0.481 e. The van der Waals surface area contributed by atoms with E-state index in [1.54, 1.807) is 27.7 Å². The summed E-state index contributed by atoms with van der Waals surface area (Å²) in [4.78, 5) is 71.0. The summed E-state index contributed by atoms with van der Waals surface area (Å²) in [5.41, 5.74) is 5.60. The molecule has 0 rings (SSSR count). The first kappa shape index (κ1) is 29.8. The summed E-state index contributed by atoms with van der Waals surface area (Å²) in [5, 5.41) is 34.0. The van der Waals surface area contributed by atoms with Gasteiger partial charge in [0.1, 0.15) is 18.1 Å². The molecule has 0 saturated carbocycles. The van der Waals surface area contributed by atoms with Crippen LogP contribution in [0.2, 0.25) is 0 Å². The number of carbonyl (C=O) groups is 6. The highest BCUT2D eigenvalue weighted by Crippen LogP contribution is 2.11. The number of aliphatic carboxylic acids is 3. The maximum Gasteiger partial charge on any atom is 0.326 e. The van der Waals surface area contributed by atoms with Crippen LogP contribution < -0.4 is 21.7 Å². The molecular formula is C20H34N4O9. The highest BCUT2D eigenvalue weighted by atomic mass is 16.4. The van der Waals surface area contributed by atoms with Gasteiger partial charge in [0.15, 0.2) is 0 Å². The second kappa shape index (κ2) is 14.0. The minimum absolute atomic E-state index is 0.230. The molecule has 0 aliphatic heterocycles. The lowest BCUT2D eigenvalue weighted by Crippen LogP contribution is -2.59. The molecule has 13 heteroatoms. The summed E-state index contributed by atoms with van der Waals surface area (Å²) in [7, 11) is 0. The third-order valence-electron chi connectivity index (χ3n) is 5.04. The van der Waals surface area contributed by atoms with E-state index >= 15 is 0 Å². The fraction of sp³-hybridized carbons (Fsp3) is 0.700. The molecule has 0 aromatic heterocycles. The Morgan fingerprint density at radius 2 is 1.33 bits per heavy atom. The first-order valence-electron chi connectivity index (χ1n) is 10.5. The van der Waals surface area contributed by atoms with Gasteiger partial charge in [-0.2, -0.15) is 0 Å². The highest BCUT2D eigenvalue weighted by Gasteiger charge is 2.34. The lowest BCUT2D eigenvalue weighted by atomic mass is 9.96. The van der Waals surface area contributed by atoms with Crippen molar-refractivity contribution < 1.29 is 44.1 Å². The van der Waals surface area contributed by atoms with Crippen molar-refractivity contribution in [3.8, 4) is 0 Å². The van der Waals surface area contributed by atoms with Gasteiger partial charge in [-0.25, -0.2) is 4.79 Å². The van der Waals surface area contributed by atoms with Gasteiger partial charge in [0, 0.05) is 6.42 Å². The Labute approximate surface area is 191 Å². The summed E-state index contributed by atoms with van der Waals surface area (Å²) in [6.07, 6.45) is -1.02. The van der Waals surface area contributed by atoms with Crippen LogP contribution >= 0.6 is 0 Å². The molecule has 0 aromatic rings. The van der Waals surface area contributed by atoms with Crippen molar-refractivity contribution >= 4 is 35.6 Å². The Balaban J connectivity index is 5.54. The summed E-state index contributed by atoms with van der Waals surface area (Å²) < 4.78 is 0. The maximum atomic E-state index is 12.8. The molecule has 8 N–H and O–H groups in total. The minimum atomic E-state index is -1.59. The third-order valence-corrected chi connectivity index (χ3v) is 5.04. The van der Waals surface area contributed by atoms with Crippen LogP contribution in [0.1, 0.15) is 53.4 Å². The number of hydrogen-bond acceptors (Lipinski definition) is 7. The van der Waals surface area contributed by atoms with Gasteiger partial charge in [0.2, 0.25) is 17.7 Å². The molecule has 188 valence electrons. The van der Waals surface area contributed by atoms with Gasteiger partial charge in [-0.15, -0.1) is 0 Å². The summed E-state index contributed by atoms with van der Waals surface area (Å²) >= 11 is 0. The number of carboxylic acids is 3. The van der Waals surface area contributed by atoms with Gasteiger partial charge in [-0.3, -0.25) is 24.0 Å². The Hall–Kier alpha value is -3.22. The smallest absolute Gasteiger partial charge is 0.326 e. The second-order valence-corrected chi connectivity index (χ2v) is 8.14. The van der Waals surface area contributed by atoms with E-state index in [9.17, 15) is 33.9 Å². The van der Waals surface area contributed by atoms with Gasteiger partial charge in [0.25, 0.3) is 0 Å². The SMILES string of the molecule is CCC(C)C(NC(=O)C(CC(=O)O)NC(=O)C(N)CCC(=O)O)C(=O)NC(C(=O)O)C(C)C. The van der Waals surface area contributed by atoms with E-state index < -0.39 is 84.5 Å². The van der Waals surface area contributed by atoms with Crippen LogP contribution in [0.5, 0.6) is 0 Å². The van der Waals surface area contributed by atoms with E-state index in [4.69, 9.17) is 15.9 Å². The normalized spacial score (nSPS) is 15.5. The van der Waals surface area contributed by atoms with Crippen LogP contribution in [0.15, 0.2) is 0 Å². The first-order valence-corrected chi connectivity index (χ1v) is 10.5. The van der Waals surface area contributed by atoms with E-state index in [-0.39, 0.29) is 6.42 Å². The molecule has 0 spiro atoms. The average molecular weight is 475 g/mol. The predicted octanol–water partition coefficient (Wildman–Crippen LogP) is -1.11. The lowest BCUT2D eigenvalue weighted by molar-refractivity contribution is -0.144. The fourth-order valence-electron chi connectivity index (χ4n) is 2.79. The molecule has 5 atom stereocenters. The van der Waals surface area contributed by atoms with Crippen molar-refractivity contribution in [2.75, 3.05) is 0 Å². The van der Waals surface area contributed by atoms with E-state index in [2.05, 4.69) is 16.0 Å². The summed E-state index contributed by atoms with van der Waals surface area (Å²) in [5.74, 6) is -7.40. The highest BCUT2D eigenvalue weighted by molar-refractivity contribution is 5.95. The van der Waals surface area contributed by atoms with E-state index in [0.717, 1.165) is 0 Å². The Morgan fingerprint density at radius 3 is 1.76 bits per heavy atom. The van der Waals surface area contributed by atoms with Crippen molar-refractivity contribution in [2.24, 2.45) is 17.6 Å². The van der Waals surface area contributed by atoms with Crippen LogP contribution in [0, 0.1) is 11.8 Å². The Bertz CT molecular complexity index is 741.